The summed E-state index contributed by atoms with van der Waals surface area (Å²) in [5.41, 5.74) is 5.42. The lowest BCUT2D eigenvalue weighted by molar-refractivity contribution is -0.385. The van der Waals surface area contributed by atoms with Crippen molar-refractivity contribution in [3.05, 3.63) is 69.3 Å². The van der Waals surface area contributed by atoms with Crippen molar-refractivity contribution in [2.45, 2.75) is 13.5 Å². The van der Waals surface area contributed by atoms with E-state index in [0.29, 0.717) is 5.69 Å². The molecule has 134 valence electrons. The van der Waals surface area contributed by atoms with E-state index in [2.05, 4.69) is 5.32 Å². The predicted molar refractivity (Wildman–Crippen MR) is 91.5 cm³/mol. The largest absolute Gasteiger partial charge is 0.457 e. The SMILES string of the molecule is CC(=O)Nc1cccc(C(=O)OCc2ccc(C(N)=O)cc2[N+](=O)[O-])c1. The Balaban J connectivity index is 2.15. The van der Waals surface area contributed by atoms with Crippen molar-refractivity contribution in [2.75, 3.05) is 5.32 Å². The zero-order valence-electron chi connectivity index (χ0n) is 13.7. The zero-order chi connectivity index (χ0) is 19.3. The van der Waals surface area contributed by atoms with Crippen molar-refractivity contribution in [1.29, 1.82) is 0 Å². The first-order valence-electron chi connectivity index (χ1n) is 7.40. The molecule has 9 nitrogen and oxygen atoms in total. The number of primary amides is 1. The van der Waals surface area contributed by atoms with Gasteiger partial charge in [-0.3, -0.25) is 19.7 Å². The van der Waals surface area contributed by atoms with Gasteiger partial charge < -0.3 is 15.8 Å². The molecule has 2 amide bonds. The van der Waals surface area contributed by atoms with Gasteiger partial charge in [0.15, 0.2) is 0 Å². The summed E-state index contributed by atoms with van der Waals surface area (Å²) in [5.74, 6) is -1.81. The highest BCUT2D eigenvalue weighted by molar-refractivity contribution is 5.94. The number of nitrogens with one attached hydrogen (secondary N) is 1. The normalized spacial score (nSPS) is 10.0. The van der Waals surface area contributed by atoms with E-state index in [1.807, 2.05) is 0 Å². The van der Waals surface area contributed by atoms with Crippen molar-refractivity contribution in [2.24, 2.45) is 5.73 Å². The van der Waals surface area contributed by atoms with Crippen molar-refractivity contribution in [1.82, 2.24) is 0 Å². The van der Waals surface area contributed by atoms with E-state index >= 15 is 0 Å². The van der Waals surface area contributed by atoms with Crippen molar-refractivity contribution in [3.63, 3.8) is 0 Å². The summed E-state index contributed by atoms with van der Waals surface area (Å²) >= 11 is 0. The highest BCUT2D eigenvalue weighted by Crippen LogP contribution is 2.22. The number of anilines is 1. The first-order chi connectivity index (χ1) is 12.3. The molecule has 0 atom stereocenters. The molecule has 0 aliphatic carbocycles. The quantitative estimate of drug-likeness (QED) is 0.460. The zero-order valence-corrected chi connectivity index (χ0v) is 13.7. The summed E-state index contributed by atoms with van der Waals surface area (Å²) in [5, 5.41) is 13.7. The van der Waals surface area contributed by atoms with Crippen LogP contribution in [0, 0.1) is 10.1 Å². The highest BCUT2D eigenvalue weighted by Gasteiger charge is 2.18. The molecule has 3 N–H and O–H groups in total. The third-order valence-electron chi connectivity index (χ3n) is 3.34. The fraction of sp³-hybridized carbons (Fsp3) is 0.118. The number of benzene rings is 2. The maximum absolute atomic E-state index is 12.1. The number of carbonyl (C=O) groups is 3. The van der Waals surface area contributed by atoms with Gasteiger partial charge in [0.1, 0.15) is 6.61 Å². The maximum atomic E-state index is 12.1. The van der Waals surface area contributed by atoms with E-state index < -0.39 is 16.8 Å². The predicted octanol–water partition coefficient (Wildman–Crippen LogP) is 2.01. The highest BCUT2D eigenvalue weighted by atomic mass is 16.6. The van der Waals surface area contributed by atoms with Crippen molar-refractivity contribution >= 4 is 29.2 Å². The second kappa shape index (κ2) is 7.88. The number of hydrogen-bond donors (Lipinski definition) is 2. The Morgan fingerprint density at radius 3 is 2.50 bits per heavy atom. The molecule has 0 fully saturated rings. The number of nitrogens with zero attached hydrogens (tertiary/aromatic N) is 1. The number of nitrogens with two attached hydrogens (primary N) is 1. The van der Waals surface area contributed by atoms with Crippen molar-refractivity contribution < 1.29 is 24.0 Å². The molecule has 9 heteroatoms. The standard InChI is InChI=1S/C17H15N3O6/c1-10(21)19-14-4-2-3-12(7-14)17(23)26-9-13-6-5-11(16(18)22)8-15(13)20(24)25/h2-8H,9H2,1H3,(H2,18,22)(H,19,21). The van der Waals surface area contributed by atoms with Crippen LogP contribution in [-0.2, 0) is 16.1 Å². The molecule has 0 saturated heterocycles. The van der Waals surface area contributed by atoms with E-state index in [1.54, 1.807) is 12.1 Å². The van der Waals surface area contributed by atoms with Gasteiger partial charge in [-0.2, -0.15) is 0 Å². The molecule has 0 bridgehead atoms. The Bertz CT molecular complexity index is 894. The number of nitro benzene ring substituents is 1. The van der Waals surface area contributed by atoms with E-state index in [9.17, 15) is 24.5 Å². The van der Waals surface area contributed by atoms with Crippen LogP contribution in [0.25, 0.3) is 0 Å². The van der Waals surface area contributed by atoms with Gasteiger partial charge in [0.2, 0.25) is 11.8 Å². The Hall–Kier alpha value is -3.75. The van der Waals surface area contributed by atoms with Crippen LogP contribution >= 0.6 is 0 Å². The number of carbonyl (C=O) groups excluding carboxylic acids is 3. The van der Waals surface area contributed by atoms with E-state index in [1.165, 1.54) is 31.2 Å². The minimum atomic E-state index is -0.800. The van der Waals surface area contributed by atoms with E-state index in [0.717, 1.165) is 6.07 Å². The molecule has 0 unspecified atom stereocenters. The lowest BCUT2D eigenvalue weighted by Gasteiger charge is -2.08. The van der Waals surface area contributed by atoms with Crippen molar-refractivity contribution in [3.8, 4) is 0 Å². The molecule has 0 radical (unpaired) electrons. The Morgan fingerprint density at radius 1 is 1.15 bits per heavy atom. The maximum Gasteiger partial charge on any atom is 0.338 e. The summed E-state index contributed by atoms with van der Waals surface area (Å²) in [6, 6.07) is 9.72. The minimum Gasteiger partial charge on any atom is -0.457 e. The molecule has 0 spiro atoms. The van der Waals surface area contributed by atoms with Crippen LogP contribution < -0.4 is 11.1 Å². The topological polar surface area (TPSA) is 142 Å². The summed E-state index contributed by atoms with van der Waals surface area (Å²) in [6.07, 6.45) is 0. The molecule has 26 heavy (non-hydrogen) atoms. The van der Waals surface area contributed by atoms with Crippen LogP contribution in [0.4, 0.5) is 11.4 Å². The third-order valence-corrected chi connectivity index (χ3v) is 3.34. The monoisotopic (exact) mass is 357 g/mol. The molecular weight excluding hydrogens is 342 g/mol. The second-order valence-corrected chi connectivity index (χ2v) is 5.30. The van der Waals surface area contributed by atoms with Crippen LogP contribution in [0.3, 0.4) is 0 Å². The van der Waals surface area contributed by atoms with Gasteiger partial charge in [0, 0.05) is 24.2 Å². The van der Waals surface area contributed by atoms with Gasteiger partial charge in [-0.25, -0.2) is 4.79 Å². The molecule has 2 aromatic rings. The molecule has 0 saturated carbocycles. The summed E-state index contributed by atoms with van der Waals surface area (Å²) in [6.45, 7) is 0.971. The number of rotatable bonds is 6. The van der Waals surface area contributed by atoms with Gasteiger partial charge in [0.25, 0.3) is 5.69 Å². The first kappa shape index (κ1) is 18.6. The van der Waals surface area contributed by atoms with Crippen LogP contribution in [0.2, 0.25) is 0 Å². The Labute approximate surface area is 147 Å². The molecule has 0 aromatic heterocycles. The lowest BCUT2D eigenvalue weighted by atomic mass is 10.1. The van der Waals surface area contributed by atoms with Crippen LogP contribution in [0.5, 0.6) is 0 Å². The molecule has 2 rings (SSSR count). The molecule has 0 aliphatic rings. The number of esters is 1. The lowest BCUT2D eigenvalue weighted by Crippen LogP contribution is -2.12. The number of amides is 2. The summed E-state index contributed by atoms with van der Waals surface area (Å²) < 4.78 is 5.09. The Morgan fingerprint density at radius 2 is 1.88 bits per heavy atom. The van der Waals surface area contributed by atoms with Gasteiger partial charge in [-0.05, 0) is 30.3 Å². The molecule has 2 aromatic carbocycles. The van der Waals surface area contributed by atoms with Gasteiger partial charge >= 0.3 is 5.97 Å². The van der Waals surface area contributed by atoms with Gasteiger partial charge in [-0.1, -0.05) is 6.07 Å². The number of ether oxygens (including phenoxy) is 1. The molecule has 0 heterocycles. The first-order valence-corrected chi connectivity index (χ1v) is 7.40. The summed E-state index contributed by atoms with van der Waals surface area (Å²) in [4.78, 5) is 44.8. The van der Waals surface area contributed by atoms with E-state index in [-0.39, 0.29) is 34.9 Å². The fourth-order valence-corrected chi connectivity index (χ4v) is 2.16. The van der Waals surface area contributed by atoms with Crippen LogP contribution in [0.1, 0.15) is 33.2 Å². The Kier molecular flexibility index (Phi) is 5.63. The average Bonchev–Trinajstić information content (AvgIpc) is 2.58. The number of hydrogen-bond acceptors (Lipinski definition) is 6. The third kappa shape index (κ3) is 4.63. The minimum absolute atomic E-state index is 0.0187. The number of nitro groups is 1. The van der Waals surface area contributed by atoms with E-state index in [4.69, 9.17) is 10.5 Å². The van der Waals surface area contributed by atoms with Gasteiger partial charge in [-0.15, -0.1) is 0 Å². The van der Waals surface area contributed by atoms with Crippen LogP contribution in [0.15, 0.2) is 42.5 Å². The van der Waals surface area contributed by atoms with Gasteiger partial charge in [0.05, 0.1) is 16.1 Å². The molecular formula is C17H15N3O6. The molecule has 0 aliphatic heterocycles. The smallest absolute Gasteiger partial charge is 0.338 e. The summed E-state index contributed by atoms with van der Waals surface area (Å²) in [7, 11) is 0. The second-order valence-electron chi connectivity index (χ2n) is 5.30. The van der Waals surface area contributed by atoms with Crippen LogP contribution in [-0.4, -0.2) is 22.7 Å². The average molecular weight is 357 g/mol. The fourth-order valence-electron chi connectivity index (χ4n) is 2.16.